The second kappa shape index (κ2) is 8.00. The molecular weight excluding hydrogens is 408 g/mol. The van der Waals surface area contributed by atoms with Gasteiger partial charge in [0.1, 0.15) is 5.69 Å². The van der Waals surface area contributed by atoms with Crippen LogP contribution in [0, 0.1) is 10.1 Å². The van der Waals surface area contributed by atoms with E-state index in [4.69, 9.17) is 0 Å². The van der Waals surface area contributed by atoms with Crippen molar-refractivity contribution in [3.05, 3.63) is 58.5 Å². The van der Waals surface area contributed by atoms with E-state index < -0.39 is 21.0 Å². The summed E-state index contributed by atoms with van der Waals surface area (Å²) in [5, 5.41) is 23.0. The highest BCUT2D eigenvalue weighted by molar-refractivity contribution is 7.89. The van der Waals surface area contributed by atoms with E-state index in [2.05, 4.69) is 15.5 Å². The minimum absolute atomic E-state index is 0.0674. The maximum atomic E-state index is 12.9. The van der Waals surface area contributed by atoms with E-state index in [-0.39, 0.29) is 16.3 Å². The molecule has 3 aromatic rings. The van der Waals surface area contributed by atoms with Crippen molar-refractivity contribution in [1.29, 1.82) is 0 Å². The number of nitro groups is 1. The van der Waals surface area contributed by atoms with Gasteiger partial charge in [-0.1, -0.05) is 12.5 Å². The summed E-state index contributed by atoms with van der Waals surface area (Å²) in [6, 6.07) is 9.08. The largest absolute Gasteiger partial charge is 0.370 e. The molecule has 0 amide bonds. The maximum absolute atomic E-state index is 12.9. The van der Waals surface area contributed by atoms with Crippen molar-refractivity contribution in [3.63, 3.8) is 0 Å². The van der Waals surface area contributed by atoms with Crippen LogP contribution in [0.2, 0.25) is 0 Å². The van der Waals surface area contributed by atoms with E-state index in [1.54, 1.807) is 4.40 Å². The van der Waals surface area contributed by atoms with Gasteiger partial charge in [-0.2, -0.15) is 4.31 Å². The summed E-state index contributed by atoms with van der Waals surface area (Å²) < 4.78 is 29.0. The Morgan fingerprint density at radius 1 is 1.13 bits per heavy atom. The van der Waals surface area contributed by atoms with Crippen LogP contribution in [0.15, 0.2) is 47.5 Å². The van der Waals surface area contributed by atoms with Gasteiger partial charge in [0, 0.05) is 25.4 Å². The SMILES string of the molecule is CC(Nc1ccc(S(=O)(=O)N2CCCCC2)cc1[N+](=O)[O-])c1nnc2ccccn12. The zero-order valence-corrected chi connectivity index (χ0v) is 17.2. The summed E-state index contributed by atoms with van der Waals surface area (Å²) in [7, 11) is -3.76. The number of nitrogens with zero attached hydrogens (tertiary/aromatic N) is 5. The fourth-order valence-corrected chi connectivity index (χ4v) is 5.19. The normalized spacial score (nSPS) is 16.4. The molecule has 0 radical (unpaired) electrons. The summed E-state index contributed by atoms with van der Waals surface area (Å²) in [5.41, 5.74) is 0.588. The Kier molecular flexibility index (Phi) is 5.39. The lowest BCUT2D eigenvalue weighted by molar-refractivity contribution is -0.384. The van der Waals surface area contributed by atoms with Crippen LogP contribution < -0.4 is 5.32 Å². The fourth-order valence-electron chi connectivity index (χ4n) is 3.65. The number of fused-ring (bicyclic) bond motifs is 1. The van der Waals surface area contributed by atoms with Crippen molar-refractivity contribution in [2.75, 3.05) is 18.4 Å². The van der Waals surface area contributed by atoms with Gasteiger partial charge in [-0.05, 0) is 44.0 Å². The Morgan fingerprint density at radius 3 is 2.63 bits per heavy atom. The molecule has 1 aliphatic rings. The summed E-state index contributed by atoms with van der Waals surface area (Å²) in [4.78, 5) is 11.0. The number of sulfonamides is 1. The quantitative estimate of drug-likeness (QED) is 0.471. The number of nitro benzene ring substituents is 1. The average molecular weight is 430 g/mol. The Labute approximate surface area is 173 Å². The maximum Gasteiger partial charge on any atom is 0.293 e. The van der Waals surface area contributed by atoms with Crippen LogP contribution in [-0.2, 0) is 10.0 Å². The van der Waals surface area contributed by atoms with Gasteiger partial charge in [0.25, 0.3) is 5.69 Å². The first-order valence-electron chi connectivity index (χ1n) is 9.73. The Balaban J connectivity index is 1.64. The third-order valence-electron chi connectivity index (χ3n) is 5.22. The van der Waals surface area contributed by atoms with E-state index in [1.165, 1.54) is 16.4 Å². The number of anilines is 1. The molecule has 1 atom stereocenters. The molecule has 3 heterocycles. The van der Waals surface area contributed by atoms with Gasteiger partial charge >= 0.3 is 0 Å². The van der Waals surface area contributed by atoms with Gasteiger partial charge in [-0.15, -0.1) is 10.2 Å². The molecule has 1 aromatic carbocycles. The van der Waals surface area contributed by atoms with Crippen LogP contribution in [0.25, 0.3) is 5.65 Å². The van der Waals surface area contributed by atoms with E-state index in [9.17, 15) is 18.5 Å². The molecule has 10 nitrogen and oxygen atoms in total. The summed E-state index contributed by atoms with van der Waals surface area (Å²) in [6.45, 7) is 2.69. The van der Waals surface area contributed by atoms with E-state index in [0.717, 1.165) is 25.3 Å². The van der Waals surface area contributed by atoms with Crippen molar-refractivity contribution in [2.24, 2.45) is 0 Å². The van der Waals surface area contributed by atoms with Gasteiger partial charge in [-0.25, -0.2) is 8.42 Å². The molecule has 1 saturated heterocycles. The van der Waals surface area contributed by atoms with Crippen LogP contribution in [0.4, 0.5) is 11.4 Å². The van der Waals surface area contributed by atoms with Crippen LogP contribution in [-0.4, -0.2) is 45.3 Å². The standard InChI is InChI=1S/C19H22N6O4S/c1-14(19-22-21-18-7-3-6-12-24(18)19)20-16-9-8-15(13-17(16)25(26)27)30(28,29)23-10-4-2-5-11-23/h3,6-9,12-14,20H,2,4-5,10-11H2,1H3. The molecule has 11 heteroatoms. The van der Waals surface area contributed by atoms with E-state index >= 15 is 0 Å². The van der Waals surface area contributed by atoms with Crippen molar-refractivity contribution in [1.82, 2.24) is 18.9 Å². The smallest absolute Gasteiger partial charge is 0.293 e. The zero-order valence-electron chi connectivity index (χ0n) is 16.4. The van der Waals surface area contributed by atoms with Crippen molar-refractivity contribution in [3.8, 4) is 0 Å². The molecule has 1 aliphatic heterocycles. The number of aromatic nitrogens is 3. The number of rotatable bonds is 6. The summed E-state index contributed by atoms with van der Waals surface area (Å²) in [5.74, 6) is 0.588. The van der Waals surface area contributed by atoms with E-state index in [0.29, 0.717) is 24.6 Å². The summed E-state index contributed by atoms with van der Waals surface area (Å²) >= 11 is 0. The third-order valence-corrected chi connectivity index (χ3v) is 7.11. The van der Waals surface area contributed by atoms with Crippen LogP contribution in [0.1, 0.15) is 38.1 Å². The summed E-state index contributed by atoms with van der Waals surface area (Å²) in [6.07, 6.45) is 4.39. The lowest BCUT2D eigenvalue weighted by Gasteiger charge is -2.26. The minimum Gasteiger partial charge on any atom is -0.370 e. The van der Waals surface area contributed by atoms with Gasteiger partial charge in [0.2, 0.25) is 10.0 Å². The predicted molar refractivity (Wildman–Crippen MR) is 111 cm³/mol. The van der Waals surface area contributed by atoms with E-state index in [1.807, 2.05) is 31.3 Å². The van der Waals surface area contributed by atoms with Crippen LogP contribution in [0.3, 0.4) is 0 Å². The second-order valence-electron chi connectivity index (χ2n) is 7.25. The molecule has 2 aromatic heterocycles. The highest BCUT2D eigenvalue weighted by Gasteiger charge is 2.29. The topological polar surface area (TPSA) is 123 Å². The Morgan fingerprint density at radius 2 is 1.90 bits per heavy atom. The highest BCUT2D eigenvalue weighted by atomic mass is 32.2. The fraction of sp³-hybridized carbons (Fsp3) is 0.368. The average Bonchev–Trinajstić information content (AvgIpc) is 3.18. The molecule has 0 spiro atoms. The first kappa shape index (κ1) is 20.2. The third kappa shape index (κ3) is 3.73. The molecule has 30 heavy (non-hydrogen) atoms. The highest BCUT2D eigenvalue weighted by Crippen LogP contribution is 2.32. The number of benzene rings is 1. The van der Waals surface area contributed by atoms with Crippen molar-refractivity contribution >= 4 is 27.0 Å². The van der Waals surface area contributed by atoms with Crippen molar-refractivity contribution in [2.45, 2.75) is 37.1 Å². The Hall–Kier alpha value is -3.05. The monoisotopic (exact) mass is 430 g/mol. The number of piperidine rings is 1. The van der Waals surface area contributed by atoms with Gasteiger partial charge < -0.3 is 5.32 Å². The molecular formula is C19H22N6O4S. The Bertz CT molecular complexity index is 1190. The lowest BCUT2D eigenvalue weighted by Crippen LogP contribution is -2.35. The van der Waals surface area contributed by atoms with Gasteiger partial charge in [0.05, 0.1) is 15.9 Å². The first-order valence-corrected chi connectivity index (χ1v) is 11.2. The number of hydrogen-bond donors (Lipinski definition) is 1. The van der Waals surface area contributed by atoms with Crippen LogP contribution >= 0.6 is 0 Å². The molecule has 1 unspecified atom stereocenters. The lowest BCUT2D eigenvalue weighted by atomic mass is 10.2. The molecule has 1 fully saturated rings. The number of hydrogen-bond acceptors (Lipinski definition) is 7. The zero-order chi connectivity index (χ0) is 21.3. The van der Waals surface area contributed by atoms with Gasteiger partial charge in [-0.3, -0.25) is 14.5 Å². The molecule has 4 rings (SSSR count). The van der Waals surface area contributed by atoms with Gasteiger partial charge in [0.15, 0.2) is 11.5 Å². The molecule has 1 N–H and O–H groups in total. The number of nitrogens with one attached hydrogen (secondary N) is 1. The first-order chi connectivity index (χ1) is 14.4. The van der Waals surface area contributed by atoms with Crippen molar-refractivity contribution < 1.29 is 13.3 Å². The molecule has 0 saturated carbocycles. The second-order valence-corrected chi connectivity index (χ2v) is 9.19. The van der Waals surface area contributed by atoms with Crippen LogP contribution in [0.5, 0.6) is 0 Å². The molecule has 158 valence electrons. The predicted octanol–water partition coefficient (Wildman–Crippen LogP) is 2.99. The minimum atomic E-state index is -3.76. The molecule has 0 bridgehead atoms. The molecule has 0 aliphatic carbocycles. The number of pyridine rings is 1.